The van der Waals surface area contributed by atoms with E-state index >= 15 is 0 Å². The van der Waals surface area contributed by atoms with Crippen molar-refractivity contribution < 1.29 is 0 Å². The highest BCUT2D eigenvalue weighted by Crippen LogP contribution is 2.22. The normalized spacial score (nSPS) is 23.8. The number of piperazine rings is 1. The molecule has 20 heavy (non-hydrogen) atoms. The Bertz CT molecular complexity index is 460. The predicted molar refractivity (Wildman–Crippen MR) is 85.6 cm³/mol. The number of nitrogens with zero attached hydrogens (tertiary/aromatic N) is 1. The molecule has 1 fully saturated rings. The first kappa shape index (κ1) is 15.0. The van der Waals surface area contributed by atoms with Crippen LogP contribution in [0.5, 0.6) is 0 Å². The fourth-order valence-corrected chi connectivity index (χ4v) is 2.82. The summed E-state index contributed by atoms with van der Waals surface area (Å²) in [6.45, 7) is 12.8. The molecular weight excluding hydrogens is 246 g/mol. The molecule has 0 amide bonds. The topological polar surface area (TPSA) is 39.1 Å². The Labute approximate surface area is 122 Å². The van der Waals surface area contributed by atoms with Crippen LogP contribution >= 0.6 is 0 Å². The van der Waals surface area contributed by atoms with Crippen LogP contribution in [0.15, 0.2) is 24.3 Å². The highest BCUT2D eigenvalue weighted by atomic mass is 15.2. The molecular formula is C17H27N3. The molecule has 0 aromatic heterocycles. The van der Waals surface area contributed by atoms with Crippen LogP contribution in [0.1, 0.15) is 45.7 Å². The van der Waals surface area contributed by atoms with Gasteiger partial charge in [-0.1, -0.05) is 45.0 Å². The Hall–Kier alpha value is -1.35. The smallest absolute Gasteiger partial charge is 0.128 e. The molecule has 3 nitrogen and oxygen atoms in total. The first-order chi connectivity index (χ1) is 9.27. The minimum absolute atomic E-state index is 0.165. The minimum atomic E-state index is 0.165. The van der Waals surface area contributed by atoms with E-state index in [1.54, 1.807) is 0 Å². The van der Waals surface area contributed by atoms with E-state index in [4.69, 9.17) is 5.41 Å². The number of amidine groups is 1. The highest BCUT2D eigenvalue weighted by Gasteiger charge is 2.23. The van der Waals surface area contributed by atoms with Gasteiger partial charge in [-0.3, -0.25) is 5.41 Å². The average Bonchev–Trinajstić information content (AvgIpc) is 2.36. The third-order valence-corrected chi connectivity index (χ3v) is 3.90. The standard InChI is InChI=1S/C17H27N3/c1-12-10-20(11-13(2)19-12)16(18)14-6-8-15(9-7-14)17(3,4)5/h6-9,12-13,18-19H,10-11H2,1-5H3. The molecule has 0 spiro atoms. The molecule has 1 aromatic rings. The predicted octanol–water partition coefficient (Wildman–Crippen LogP) is 2.99. The van der Waals surface area contributed by atoms with Crippen LogP contribution in [0.25, 0.3) is 0 Å². The van der Waals surface area contributed by atoms with Crippen molar-refractivity contribution in [2.75, 3.05) is 13.1 Å². The highest BCUT2D eigenvalue weighted by molar-refractivity contribution is 5.96. The van der Waals surface area contributed by atoms with Crippen molar-refractivity contribution >= 4 is 5.84 Å². The summed E-state index contributed by atoms with van der Waals surface area (Å²) in [4.78, 5) is 2.18. The lowest BCUT2D eigenvalue weighted by Gasteiger charge is -2.37. The van der Waals surface area contributed by atoms with E-state index in [0.717, 1.165) is 18.7 Å². The Balaban J connectivity index is 2.13. The first-order valence-electron chi connectivity index (χ1n) is 7.48. The van der Waals surface area contributed by atoms with Gasteiger partial charge in [0.05, 0.1) is 0 Å². The van der Waals surface area contributed by atoms with E-state index in [0.29, 0.717) is 17.9 Å². The maximum Gasteiger partial charge on any atom is 0.128 e. The van der Waals surface area contributed by atoms with Crippen LogP contribution in [0.4, 0.5) is 0 Å². The van der Waals surface area contributed by atoms with Gasteiger partial charge < -0.3 is 10.2 Å². The quantitative estimate of drug-likeness (QED) is 0.610. The summed E-state index contributed by atoms with van der Waals surface area (Å²) < 4.78 is 0. The summed E-state index contributed by atoms with van der Waals surface area (Å²) in [7, 11) is 0. The Kier molecular flexibility index (Phi) is 4.19. The molecule has 0 saturated carbocycles. The van der Waals surface area contributed by atoms with Crippen LogP contribution in [-0.2, 0) is 5.41 Å². The molecule has 0 radical (unpaired) electrons. The molecule has 2 N–H and O–H groups in total. The van der Waals surface area contributed by atoms with E-state index in [9.17, 15) is 0 Å². The van der Waals surface area contributed by atoms with Gasteiger partial charge in [-0.15, -0.1) is 0 Å². The fourth-order valence-electron chi connectivity index (χ4n) is 2.82. The fraction of sp³-hybridized carbons (Fsp3) is 0.588. The molecule has 1 aliphatic rings. The van der Waals surface area contributed by atoms with Crippen LogP contribution in [0, 0.1) is 5.41 Å². The first-order valence-corrected chi connectivity index (χ1v) is 7.48. The molecule has 1 aromatic carbocycles. The number of hydrogen-bond acceptors (Lipinski definition) is 2. The second-order valence-corrected chi connectivity index (χ2v) is 7.05. The molecule has 3 heteroatoms. The van der Waals surface area contributed by atoms with Gasteiger partial charge in [0.2, 0.25) is 0 Å². The van der Waals surface area contributed by atoms with Gasteiger partial charge in [-0.2, -0.15) is 0 Å². The summed E-state index contributed by atoms with van der Waals surface area (Å²) in [6.07, 6.45) is 0. The lowest BCUT2D eigenvalue weighted by atomic mass is 9.86. The molecule has 0 bridgehead atoms. The second-order valence-electron chi connectivity index (χ2n) is 7.05. The minimum Gasteiger partial charge on any atom is -0.353 e. The van der Waals surface area contributed by atoms with Gasteiger partial charge in [0.15, 0.2) is 0 Å². The maximum absolute atomic E-state index is 8.43. The monoisotopic (exact) mass is 273 g/mol. The Morgan fingerprint density at radius 1 is 1.10 bits per heavy atom. The van der Waals surface area contributed by atoms with Gasteiger partial charge in [-0.25, -0.2) is 0 Å². The molecule has 2 atom stereocenters. The lowest BCUT2D eigenvalue weighted by molar-refractivity contribution is 0.254. The lowest BCUT2D eigenvalue weighted by Crippen LogP contribution is -2.55. The van der Waals surface area contributed by atoms with Crippen molar-refractivity contribution in [2.24, 2.45) is 0 Å². The van der Waals surface area contributed by atoms with Crippen molar-refractivity contribution in [2.45, 2.75) is 52.1 Å². The van der Waals surface area contributed by atoms with E-state index in [1.165, 1.54) is 5.56 Å². The van der Waals surface area contributed by atoms with Crippen molar-refractivity contribution in [1.82, 2.24) is 10.2 Å². The van der Waals surface area contributed by atoms with E-state index in [2.05, 4.69) is 69.1 Å². The molecule has 1 heterocycles. The SMILES string of the molecule is CC1CN(C(=N)c2ccc(C(C)(C)C)cc2)CC(C)N1. The summed E-state index contributed by atoms with van der Waals surface area (Å²) in [5, 5.41) is 11.9. The van der Waals surface area contributed by atoms with Crippen LogP contribution in [0.2, 0.25) is 0 Å². The summed E-state index contributed by atoms with van der Waals surface area (Å²) in [6, 6.07) is 9.35. The van der Waals surface area contributed by atoms with E-state index in [1.807, 2.05) is 0 Å². The van der Waals surface area contributed by atoms with Crippen LogP contribution in [-0.4, -0.2) is 35.9 Å². The zero-order valence-electron chi connectivity index (χ0n) is 13.3. The van der Waals surface area contributed by atoms with Gasteiger partial charge in [0.25, 0.3) is 0 Å². The number of hydrogen-bond donors (Lipinski definition) is 2. The van der Waals surface area contributed by atoms with Gasteiger partial charge in [0.1, 0.15) is 5.84 Å². The average molecular weight is 273 g/mol. The van der Waals surface area contributed by atoms with Gasteiger partial charge in [0, 0.05) is 30.7 Å². The van der Waals surface area contributed by atoms with Crippen LogP contribution < -0.4 is 5.32 Å². The number of benzene rings is 1. The molecule has 1 saturated heterocycles. The van der Waals surface area contributed by atoms with Crippen molar-refractivity contribution in [1.29, 1.82) is 5.41 Å². The van der Waals surface area contributed by atoms with Crippen LogP contribution in [0.3, 0.4) is 0 Å². The van der Waals surface area contributed by atoms with E-state index < -0.39 is 0 Å². The zero-order chi connectivity index (χ0) is 14.9. The molecule has 2 unspecified atom stereocenters. The summed E-state index contributed by atoms with van der Waals surface area (Å²) in [5.41, 5.74) is 2.49. The second kappa shape index (κ2) is 5.57. The third-order valence-electron chi connectivity index (χ3n) is 3.90. The third kappa shape index (κ3) is 3.40. The number of nitrogens with one attached hydrogen (secondary N) is 2. The Morgan fingerprint density at radius 3 is 2.05 bits per heavy atom. The van der Waals surface area contributed by atoms with Crippen molar-refractivity contribution in [3.63, 3.8) is 0 Å². The van der Waals surface area contributed by atoms with Gasteiger partial charge in [-0.05, 0) is 24.8 Å². The zero-order valence-corrected chi connectivity index (χ0v) is 13.3. The van der Waals surface area contributed by atoms with E-state index in [-0.39, 0.29) is 5.41 Å². The molecule has 0 aliphatic carbocycles. The number of rotatable bonds is 1. The Morgan fingerprint density at radius 2 is 1.60 bits per heavy atom. The summed E-state index contributed by atoms with van der Waals surface area (Å²) in [5.74, 6) is 0.644. The van der Waals surface area contributed by atoms with Gasteiger partial charge >= 0.3 is 0 Å². The molecule has 110 valence electrons. The largest absolute Gasteiger partial charge is 0.353 e. The molecule has 2 rings (SSSR count). The maximum atomic E-state index is 8.43. The van der Waals surface area contributed by atoms with Crippen molar-refractivity contribution in [3.8, 4) is 0 Å². The van der Waals surface area contributed by atoms with Crippen molar-refractivity contribution in [3.05, 3.63) is 35.4 Å². The summed E-state index contributed by atoms with van der Waals surface area (Å²) >= 11 is 0. The molecule has 1 aliphatic heterocycles.